The van der Waals surface area contributed by atoms with E-state index < -0.39 is 0 Å². The monoisotopic (exact) mass is 447 g/mol. The highest BCUT2D eigenvalue weighted by molar-refractivity contribution is 7.99. The molecule has 2 aromatic carbocycles. The molecule has 1 aliphatic rings. The second kappa shape index (κ2) is 8.69. The number of nitrogens with zero attached hydrogens (tertiary/aromatic N) is 3. The molecule has 0 N–H and O–H groups in total. The maximum absolute atomic E-state index is 13.5. The van der Waals surface area contributed by atoms with E-state index in [1.807, 2.05) is 71.6 Å². The topological polar surface area (TPSA) is 55.2 Å². The van der Waals surface area contributed by atoms with E-state index >= 15 is 0 Å². The first-order chi connectivity index (χ1) is 15.2. The maximum atomic E-state index is 13.5. The van der Waals surface area contributed by atoms with E-state index in [1.54, 1.807) is 4.57 Å². The summed E-state index contributed by atoms with van der Waals surface area (Å²) in [6, 6.07) is 21.5. The highest BCUT2D eigenvalue weighted by Gasteiger charge is 2.21. The molecule has 31 heavy (non-hydrogen) atoms. The number of rotatable bonds is 5. The van der Waals surface area contributed by atoms with Gasteiger partial charge in [0.05, 0.1) is 16.8 Å². The Bertz CT molecular complexity index is 1280. The lowest BCUT2D eigenvalue weighted by atomic mass is 10.2. The molecule has 1 amide bonds. The Labute approximate surface area is 188 Å². The van der Waals surface area contributed by atoms with Crippen LogP contribution in [0, 0.1) is 0 Å². The zero-order chi connectivity index (χ0) is 21.2. The molecule has 1 saturated heterocycles. The molecule has 0 radical (unpaired) electrons. The van der Waals surface area contributed by atoms with Crippen molar-refractivity contribution in [3.63, 3.8) is 0 Å². The fourth-order valence-electron chi connectivity index (χ4n) is 3.79. The minimum absolute atomic E-state index is 0.104. The predicted molar refractivity (Wildman–Crippen MR) is 127 cm³/mol. The first kappa shape index (κ1) is 20.0. The number of benzene rings is 2. The number of hydrogen-bond acceptors (Lipinski definition) is 5. The van der Waals surface area contributed by atoms with Gasteiger partial charge >= 0.3 is 0 Å². The van der Waals surface area contributed by atoms with Gasteiger partial charge in [-0.3, -0.25) is 14.2 Å². The number of fused-ring (bicyclic) bond motifs is 1. The Morgan fingerprint density at radius 3 is 2.39 bits per heavy atom. The minimum Gasteiger partial charge on any atom is -0.342 e. The summed E-state index contributed by atoms with van der Waals surface area (Å²) < 4.78 is 1.63. The molecule has 0 bridgehead atoms. The molecule has 156 valence electrons. The van der Waals surface area contributed by atoms with Crippen LogP contribution in [0.2, 0.25) is 0 Å². The van der Waals surface area contributed by atoms with Gasteiger partial charge in [-0.2, -0.15) is 0 Å². The molecule has 2 aromatic heterocycles. The van der Waals surface area contributed by atoms with Crippen LogP contribution in [-0.2, 0) is 4.79 Å². The third-order valence-electron chi connectivity index (χ3n) is 5.39. The van der Waals surface area contributed by atoms with Gasteiger partial charge in [-0.15, -0.1) is 11.3 Å². The smallest absolute Gasteiger partial charge is 0.267 e. The van der Waals surface area contributed by atoms with Crippen LogP contribution in [-0.4, -0.2) is 39.2 Å². The summed E-state index contributed by atoms with van der Waals surface area (Å²) in [7, 11) is 0. The van der Waals surface area contributed by atoms with Crippen molar-refractivity contribution in [3.8, 4) is 16.1 Å². The fourth-order valence-corrected chi connectivity index (χ4v) is 5.79. The number of para-hydroxylation sites is 1. The number of thioether (sulfide) groups is 1. The van der Waals surface area contributed by atoms with Crippen molar-refractivity contribution in [2.24, 2.45) is 0 Å². The van der Waals surface area contributed by atoms with Crippen LogP contribution in [0.5, 0.6) is 0 Å². The molecule has 5 rings (SSSR count). The van der Waals surface area contributed by atoms with Crippen LogP contribution in [0.15, 0.2) is 76.7 Å². The number of carbonyl (C=O) groups excluding carboxylic acids is 1. The van der Waals surface area contributed by atoms with E-state index in [-0.39, 0.29) is 17.2 Å². The number of aromatic nitrogens is 2. The molecule has 3 heterocycles. The van der Waals surface area contributed by atoms with Crippen LogP contribution in [0.1, 0.15) is 12.8 Å². The minimum atomic E-state index is -0.106. The Hall–Kier alpha value is -2.90. The van der Waals surface area contributed by atoms with Gasteiger partial charge in [0.25, 0.3) is 5.56 Å². The standard InChI is InChI=1S/C24H21N3O2S2/c28-21(26-13-7-8-14-26)16-30-24-25-22-19(15-20(31-22)17-9-3-1-4-10-17)23(29)27(24)18-11-5-2-6-12-18/h1-6,9-12,15H,7-8,13-14,16H2. The summed E-state index contributed by atoms with van der Waals surface area (Å²) in [5.74, 6) is 0.384. The quantitative estimate of drug-likeness (QED) is 0.325. The lowest BCUT2D eigenvalue weighted by Gasteiger charge is -2.16. The highest BCUT2D eigenvalue weighted by Crippen LogP contribution is 2.32. The highest BCUT2D eigenvalue weighted by atomic mass is 32.2. The van der Waals surface area contributed by atoms with Crippen molar-refractivity contribution in [1.29, 1.82) is 0 Å². The largest absolute Gasteiger partial charge is 0.342 e. The van der Waals surface area contributed by atoms with Gasteiger partial charge in [-0.1, -0.05) is 60.3 Å². The molecule has 0 spiro atoms. The van der Waals surface area contributed by atoms with Gasteiger partial charge in [-0.25, -0.2) is 4.98 Å². The molecular weight excluding hydrogens is 426 g/mol. The molecule has 0 atom stereocenters. The number of amides is 1. The summed E-state index contributed by atoms with van der Waals surface area (Å²) in [5.41, 5.74) is 1.71. The SMILES string of the molecule is O=C(CSc1nc2sc(-c3ccccc3)cc2c(=O)n1-c1ccccc1)N1CCCC1. The first-order valence-corrected chi connectivity index (χ1v) is 12.1. The van der Waals surface area contributed by atoms with Crippen molar-refractivity contribution in [1.82, 2.24) is 14.5 Å². The van der Waals surface area contributed by atoms with Gasteiger partial charge in [0.15, 0.2) is 5.16 Å². The van der Waals surface area contributed by atoms with E-state index in [1.165, 1.54) is 23.1 Å². The molecule has 7 heteroatoms. The lowest BCUT2D eigenvalue weighted by molar-refractivity contribution is -0.127. The molecule has 0 aliphatic carbocycles. The Balaban J connectivity index is 1.58. The molecular formula is C24H21N3O2S2. The molecule has 4 aromatic rings. The van der Waals surface area contributed by atoms with E-state index in [0.717, 1.165) is 42.1 Å². The van der Waals surface area contributed by atoms with E-state index in [2.05, 4.69) is 0 Å². The number of likely N-dealkylation sites (tertiary alicyclic amines) is 1. The second-order valence-corrected chi connectivity index (χ2v) is 9.42. The van der Waals surface area contributed by atoms with Gasteiger partial charge in [-0.05, 0) is 36.6 Å². The molecule has 1 aliphatic heterocycles. The molecule has 0 unspecified atom stereocenters. The summed E-state index contributed by atoms with van der Waals surface area (Å²) in [4.78, 5) is 34.6. The second-order valence-electron chi connectivity index (χ2n) is 7.44. The third-order valence-corrected chi connectivity index (χ3v) is 7.39. The fraction of sp³-hybridized carbons (Fsp3) is 0.208. The Morgan fingerprint density at radius 2 is 1.68 bits per heavy atom. The zero-order valence-electron chi connectivity index (χ0n) is 16.9. The predicted octanol–water partition coefficient (Wildman–Crippen LogP) is 4.83. The van der Waals surface area contributed by atoms with Crippen LogP contribution in [0.25, 0.3) is 26.3 Å². The van der Waals surface area contributed by atoms with Crippen molar-refractivity contribution in [2.45, 2.75) is 18.0 Å². The summed E-state index contributed by atoms with van der Waals surface area (Å²) in [6.45, 7) is 1.64. The number of thiophene rings is 1. The van der Waals surface area contributed by atoms with Gasteiger partial charge < -0.3 is 4.90 Å². The third kappa shape index (κ3) is 4.03. The van der Waals surface area contributed by atoms with Crippen molar-refractivity contribution >= 4 is 39.2 Å². The summed E-state index contributed by atoms with van der Waals surface area (Å²) >= 11 is 2.85. The maximum Gasteiger partial charge on any atom is 0.267 e. The van der Waals surface area contributed by atoms with Gasteiger partial charge in [0.1, 0.15) is 4.83 Å². The van der Waals surface area contributed by atoms with Crippen LogP contribution in [0.3, 0.4) is 0 Å². The van der Waals surface area contributed by atoms with Crippen LogP contribution < -0.4 is 5.56 Å². The zero-order valence-corrected chi connectivity index (χ0v) is 18.5. The summed E-state index contributed by atoms with van der Waals surface area (Å²) in [6.07, 6.45) is 2.12. The van der Waals surface area contributed by atoms with Crippen LogP contribution >= 0.6 is 23.1 Å². The normalized spacial score (nSPS) is 13.7. The number of carbonyl (C=O) groups is 1. The van der Waals surface area contributed by atoms with Crippen molar-refractivity contribution < 1.29 is 4.79 Å². The molecule has 0 saturated carbocycles. The molecule has 5 nitrogen and oxygen atoms in total. The van der Waals surface area contributed by atoms with Gasteiger partial charge in [0.2, 0.25) is 5.91 Å². The van der Waals surface area contributed by atoms with Gasteiger partial charge in [0, 0.05) is 18.0 Å². The average Bonchev–Trinajstić information content (AvgIpc) is 3.49. The first-order valence-electron chi connectivity index (χ1n) is 10.3. The average molecular weight is 448 g/mol. The van der Waals surface area contributed by atoms with E-state index in [0.29, 0.717) is 15.4 Å². The van der Waals surface area contributed by atoms with E-state index in [4.69, 9.17) is 4.98 Å². The Kier molecular flexibility index (Phi) is 5.61. The van der Waals surface area contributed by atoms with Crippen molar-refractivity contribution in [3.05, 3.63) is 77.1 Å². The van der Waals surface area contributed by atoms with E-state index in [9.17, 15) is 9.59 Å². The molecule has 1 fully saturated rings. The van der Waals surface area contributed by atoms with Crippen LogP contribution in [0.4, 0.5) is 0 Å². The summed E-state index contributed by atoms with van der Waals surface area (Å²) in [5, 5.41) is 1.15. The van der Waals surface area contributed by atoms with Crippen molar-refractivity contribution in [2.75, 3.05) is 18.8 Å². The Morgan fingerprint density at radius 1 is 1.00 bits per heavy atom. The number of hydrogen-bond donors (Lipinski definition) is 0. The lowest BCUT2D eigenvalue weighted by Crippen LogP contribution is -2.29.